The number of rotatable bonds is 4. The predicted octanol–water partition coefficient (Wildman–Crippen LogP) is 4.66. The van der Waals surface area contributed by atoms with Gasteiger partial charge in [0.2, 0.25) is 0 Å². The van der Waals surface area contributed by atoms with Gasteiger partial charge in [0, 0.05) is 16.3 Å². The van der Waals surface area contributed by atoms with Gasteiger partial charge in [-0.15, -0.1) is 0 Å². The van der Waals surface area contributed by atoms with E-state index in [1.54, 1.807) is 35.2 Å². The lowest BCUT2D eigenvalue weighted by Gasteiger charge is -2.30. The summed E-state index contributed by atoms with van der Waals surface area (Å²) in [7, 11) is 0. The van der Waals surface area contributed by atoms with Gasteiger partial charge in [-0.2, -0.15) is 0 Å². The van der Waals surface area contributed by atoms with Gasteiger partial charge in [-0.3, -0.25) is 9.59 Å². The molecule has 5 nitrogen and oxygen atoms in total. The van der Waals surface area contributed by atoms with Crippen molar-refractivity contribution in [2.24, 2.45) is 0 Å². The summed E-state index contributed by atoms with van der Waals surface area (Å²) >= 11 is 5.93. The molecule has 2 amide bonds. The Balaban J connectivity index is 1.59. The highest BCUT2D eigenvalue weighted by Gasteiger charge is 2.26. The maximum atomic E-state index is 13.1. The number of hydrogen-bond donors (Lipinski definition) is 1. The fraction of sp³-hybridized carbons (Fsp3) is 0.0909. The van der Waals surface area contributed by atoms with E-state index in [-0.39, 0.29) is 18.4 Å². The summed E-state index contributed by atoms with van der Waals surface area (Å²) < 4.78 is 18.6. The van der Waals surface area contributed by atoms with Gasteiger partial charge in [-0.05, 0) is 60.2 Å². The average Bonchev–Trinajstić information content (AvgIpc) is 2.72. The van der Waals surface area contributed by atoms with Crippen LogP contribution in [-0.2, 0) is 11.3 Å². The third-order valence-corrected chi connectivity index (χ3v) is 4.77. The molecule has 3 aromatic carbocycles. The Morgan fingerprint density at radius 3 is 2.52 bits per heavy atom. The highest BCUT2D eigenvalue weighted by atomic mass is 35.5. The third kappa shape index (κ3) is 4.22. The van der Waals surface area contributed by atoms with Crippen LogP contribution in [0.1, 0.15) is 15.9 Å². The molecule has 0 saturated carbocycles. The summed E-state index contributed by atoms with van der Waals surface area (Å²) in [6.07, 6.45) is 0. The molecule has 1 aliphatic heterocycles. The van der Waals surface area contributed by atoms with Crippen LogP contribution >= 0.6 is 11.6 Å². The van der Waals surface area contributed by atoms with E-state index in [4.69, 9.17) is 16.3 Å². The van der Waals surface area contributed by atoms with Gasteiger partial charge in [-0.25, -0.2) is 4.39 Å². The highest BCUT2D eigenvalue weighted by Crippen LogP contribution is 2.35. The fourth-order valence-corrected chi connectivity index (χ4v) is 3.16. The maximum absolute atomic E-state index is 13.1. The van der Waals surface area contributed by atoms with Crippen LogP contribution in [0.4, 0.5) is 15.8 Å². The smallest absolute Gasteiger partial charge is 0.265 e. The normalized spacial score (nSPS) is 12.9. The molecular formula is C22H16ClFN2O3. The van der Waals surface area contributed by atoms with E-state index in [9.17, 15) is 14.0 Å². The molecule has 146 valence electrons. The SMILES string of the molecule is O=C(Nc1ccc2c(c1)N(Cc1ccc(Cl)cc1)C(=O)CO2)c1ccc(F)cc1. The Bertz CT molecular complexity index is 1070. The number of carbonyl (C=O) groups excluding carboxylic acids is 2. The summed E-state index contributed by atoms with van der Waals surface area (Å²) in [5.41, 5.74) is 2.30. The van der Waals surface area contributed by atoms with E-state index in [1.807, 2.05) is 12.1 Å². The number of hydrogen-bond acceptors (Lipinski definition) is 3. The summed E-state index contributed by atoms with van der Waals surface area (Å²) in [6.45, 7) is 0.295. The Hall–Kier alpha value is -3.38. The predicted molar refractivity (Wildman–Crippen MR) is 109 cm³/mol. The molecule has 0 fully saturated rings. The zero-order valence-electron chi connectivity index (χ0n) is 15.2. The van der Waals surface area contributed by atoms with Crippen molar-refractivity contribution in [2.45, 2.75) is 6.54 Å². The van der Waals surface area contributed by atoms with Crippen LogP contribution in [0.5, 0.6) is 5.75 Å². The Kier molecular flexibility index (Phi) is 5.18. The van der Waals surface area contributed by atoms with Gasteiger partial charge in [0.05, 0.1) is 12.2 Å². The maximum Gasteiger partial charge on any atom is 0.265 e. The molecular weight excluding hydrogens is 395 g/mol. The van der Waals surface area contributed by atoms with Gasteiger partial charge in [0.15, 0.2) is 6.61 Å². The second kappa shape index (κ2) is 7.93. The number of anilines is 2. The fourth-order valence-electron chi connectivity index (χ4n) is 3.03. The molecule has 0 radical (unpaired) electrons. The largest absolute Gasteiger partial charge is 0.482 e. The van der Waals surface area contributed by atoms with Crippen molar-refractivity contribution in [1.29, 1.82) is 0 Å². The molecule has 0 unspecified atom stereocenters. The Morgan fingerprint density at radius 1 is 1.07 bits per heavy atom. The highest BCUT2D eigenvalue weighted by molar-refractivity contribution is 6.30. The molecule has 0 bridgehead atoms. The van der Waals surface area contributed by atoms with Crippen molar-refractivity contribution in [3.05, 3.63) is 88.7 Å². The van der Waals surface area contributed by atoms with E-state index in [0.29, 0.717) is 34.3 Å². The van der Waals surface area contributed by atoms with Crippen molar-refractivity contribution in [3.8, 4) is 5.75 Å². The van der Waals surface area contributed by atoms with E-state index in [1.165, 1.54) is 24.3 Å². The van der Waals surface area contributed by atoms with Crippen molar-refractivity contribution in [3.63, 3.8) is 0 Å². The van der Waals surface area contributed by atoms with Crippen LogP contribution < -0.4 is 15.0 Å². The lowest BCUT2D eigenvalue weighted by atomic mass is 10.1. The van der Waals surface area contributed by atoms with E-state index >= 15 is 0 Å². The number of ether oxygens (including phenoxy) is 1. The summed E-state index contributed by atoms with van der Waals surface area (Å²) in [5, 5.41) is 3.38. The molecule has 1 aliphatic rings. The first-order valence-corrected chi connectivity index (χ1v) is 9.26. The lowest BCUT2D eigenvalue weighted by molar-refractivity contribution is -0.121. The molecule has 0 aromatic heterocycles. The standard InChI is InChI=1S/C22H16ClFN2O3/c23-16-5-1-14(2-6-16)12-26-19-11-18(9-10-20(19)29-13-21(26)27)25-22(28)15-3-7-17(24)8-4-15/h1-11H,12-13H2,(H,25,28). The van der Waals surface area contributed by atoms with Gasteiger partial charge in [0.25, 0.3) is 11.8 Å². The van der Waals surface area contributed by atoms with E-state index in [0.717, 1.165) is 5.56 Å². The number of halogens is 2. The number of nitrogens with one attached hydrogen (secondary N) is 1. The van der Waals surface area contributed by atoms with Crippen molar-refractivity contribution < 1.29 is 18.7 Å². The number of nitrogens with zero attached hydrogens (tertiary/aromatic N) is 1. The summed E-state index contributed by atoms with van der Waals surface area (Å²) in [5.74, 6) is -0.422. The molecule has 3 aromatic rings. The van der Waals surface area contributed by atoms with Crippen molar-refractivity contribution in [2.75, 3.05) is 16.8 Å². The first-order valence-electron chi connectivity index (χ1n) is 8.88. The molecule has 4 rings (SSSR count). The zero-order valence-corrected chi connectivity index (χ0v) is 15.9. The van der Waals surface area contributed by atoms with E-state index < -0.39 is 5.82 Å². The van der Waals surface area contributed by atoms with Crippen LogP contribution in [-0.4, -0.2) is 18.4 Å². The second-order valence-corrected chi connectivity index (χ2v) is 6.97. The zero-order chi connectivity index (χ0) is 20.4. The minimum atomic E-state index is -0.413. The molecule has 7 heteroatoms. The molecule has 1 N–H and O–H groups in total. The average molecular weight is 411 g/mol. The summed E-state index contributed by atoms with van der Waals surface area (Å²) in [6, 6.07) is 17.6. The molecule has 29 heavy (non-hydrogen) atoms. The first kappa shape index (κ1) is 19.0. The number of amides is 2. The molecule has 0 atom stereocenters. The minimum Gasteiger partial charge on any atom is -0.482 e. The first-order chi connectivity index (χ1) is 14.0. The number of benzene rings is 3. The van der Waals surface area contributed by atoms with Gasteiger partial charge < -0.3 is 15.0 Å². The van der Waals surface area contributed by atoms with Gasteiger partial charge >= 0.3 is 0 Å². The lowest BCUT2D eigenvalue weighted by Crippen LogP contribution is -2.38. The Labute approximate surface area is 171 Å². The second-order valence-electron chi connectivity index (χ2n) is 6.54. The minimum absolute atomic E-state index is 0.0537. The Morgan fingerprint density at radius 2 is 1.79 bits per heavy atom. The van der Waals surface area contributed by atoms with Crippen LogP contribution in [0.25, 0.3) is 0 Å². The third-order valence-electron chi connectivity index (χ3n) is 4.52. The molecule has 0 saturated heterocycles. The van der Waals surface area contributed by atoms with Crippen LogP contribution in [0.3, 0.4) is 0 Å². The summed E-state index contributed by atoms with van der Waals surface area (Å²) in [4.78, 5) is 26.5. The topological polar surface area (TPSA) is 58.6 Å². The van der Waals surface area contributed by atoms with Gasteiger partial charge in [-0.1, -0.05) is 23.7 Å². The van der Waals surface area contributed by atoms with Crippen LogP contribution in [0, 0.1) is 5.82 Å². The van der Waals surface area contributed by atoms with Crippen molar-refractivity contribution >= 4 is 34.8 Å². The number of carbonyl (C=O) groups is 2. The van der Waals surface area contributed by atoms with Gasteiger partial charge in [0.1, 0.15) is 11.6 Å². The monoisotopic (exact) mass is 410 g/mol. The molecule has 0 spiro atoms. The molecule has 0 aliphatic carbocycles. The van der Waals surface area contributed by atoms with Crippen molar-refractivity contribution in [1.82, 2.24) is 0 Å². The quantitative estimate of drug-likeness (QED) is 0.680. The van der Waals surface area contributed by atoms with E-state index in [2.05, 4.69) is 5.32 Å². The molecule has 1 heterocycles. The van der Waals surface area contributed by atoms with Crippen LogP contribution in [0.15, 0.2) is 66.7 Å². The number of fused-ring (bicyclic) bond motifs is 1. The van der Waals surface area contributed by atoms with Crippen LogP contribution in [0.2, 0.25) is 5.02 Å².